The molecule has 84 valence electrons. The van der Waals surface area contributed by atoms with Crippen LogP contribution in [0, 0.1) is 0 Å². The highest BCUT2D eigenvalue weighted by atomic mass is 16.5. The molecule has 0 aromatic carbocycles. The summed E-state index contributed by atoms with van der Waals surface area (Å²) in [4.78, 5) is 10.6. The summed E-state index contributed by atoms with van der Waals surface area (Å²) >= 11 is 0. The predicted octanol–water partition coefficient (Wildman–Crippen LogP) is 0.150. The van der Waals surface area contributed by atoms with E-state index < -0.39 is 5.97 Å². The van der Waals surface area contributed by atoms with Gasteiger partial charge in [-0.1, -0.05) is 0 Å². The van der Waals surface area contributed by atoms with E-state index in [0.717, 1.165) is 0 Å². The number of aliphatic carboxylic acids is 1. The van der Waals surface area contributed by atoms with Crippen molar-refractivity contribution < 1.29 is 14.6 Å². The molecule has 2 aromatic heterocycles. The molecule has 0 amide bonds. The molecule has 2 heterocycles. The molecule has 16 heavy (non-hydrogen) atoms. The van der Waals surface area contributed by atoms with Crippen LogP contribution < -0.4 is 4.74 Å². The maximum absolute atomic E-state index is 10.6. The SMILES string of the molecule is CCOc1ccc2nnc(CC(=O)O)n2n1. The molecule has 0 aliphatic rings. The van der Waals surface area contributed by atoms with E-state index in [1.165, 1.54) is 4.52 Å². The van der Waals surface area contributed by atoms with Gasteiger partial charge < -0.3 is 9.84 Å². The van der Waals surface area contributed by atoms with Crippen molar-refractivity contribution in [1.29, 1.82) is 0 Å². The van der Waals surface area contributed by atoms with Crippen LogP contribution in [0.15, 0.2) is 12.1 Å². The van der Waals surface area contributed by atoms with Crippen molar-refractivity contribution in [3.05, 3.63) is 18.0 Å². The quantitative estimate of drug-likeness (QED) is 0.791. The van der Waals surface area contributed by atoms with Gasteiger partial charge in [-0.25, -0.2) is 0 Å². The normalized spacial score (nSPS) is 10.6. The van der Waals surface area contributed by atoms with Crippen LogP contribution in [0.2, 0.25) is 0 Å². The lowest BCUT2D eigenvalue weighted by molar-refractivity contribution is -0.136. The number of rotatable bonds is 4. The summed E-state index contributed by atoms with van der Waals surface area (Å²) in [7, 11) is 0. The Labute approximate surface area is 90.7 Å². The second-order valence-corrected chi connectivity index (χ2v) is 3.06. The van der Waals surface area contributed by atoms with Gasteiger partial charge in [0.15, 0.2) is 11.5 Å². The third-order valence-electron chi connectivity index (χ3n) is 1.90. The first-order valence-electron chi connectivity index (χ1n) is 4.76. The van der Waals surface area contributed by atoms with Crippen LogP contribution in [-0.4, -0.2) is 37.5 Å². The number of hydrogen-bond acceptors (Lipinski definition) is 5. The molecule has 2 aromatic rings. The highest BCUT2D eigenvalue weighted by Crippen LogP contribution is 2.09. The zero-order chi connectivity index (χ0) is 11.5. The molecule has 7 nitrogen and oxygen atoms in total. The fourth-order valence-electron chi connectivity index (χ4n) is 1.29. The van der Waals surface area contributed by atoms with Crippen LogP contribution in [0.25, 0.3) is 5.65 Å². The van der Waals surface area contributed by atoms with Crippen molar-refractivity contribution in [1.82, 2.24) is 19.8 Å². The van der Waals surface area contributed by atoms with E-state index >= 15 is 0 Å². The summed E-state index contributed by atoms with van der Waals surface area (Å²) in [6.07, 6.45) is -0.219. The molecule has 1 N–H and O–H groups in total. The maximum atomic E-state index is 10.6. The molecule has 0 unspecified atom stereocenters. The Hall–Kier alpha value is -2.18. The van der Waals surface area contributed by atoms with Gasteiger partial charge in [0.1, 0.15) is 6.42 Å². The predicted molar refractivity (Wildman–Crippen MR) is 53.3 cm³/mol. The Morgan fingerprint density at radius 2 is 2.31 bits per heavy atom. The lowest BCUT2D eigenvalue weighted by Crippen LogP contribution is -2.07. The van der Waals surface area contributed by atoms with E-state index in [1.807, 2.05) is 6.92 Å². The van der Waals surface area contributed by atoms with E-state index in [1.54, 1.807) is 12.1 Å². The number of hydrogen-bond donors (Lipinski definition) is 1. The highest BCUT2D eigenvalue weighted by Gasteiger charge is 2.11. The largest absolute Gasteiger partial charge is 0.481 e. The van der Waals surface area contributed by atoms with Crippen molar-refractivity contribution in [3.63, 3.8) is 0 Å². The zero-order valence-corrected chi connectivity index (χ0v) is 8.62. The molecule has 0 saturated carbocycles. The van der Waals surface area contributed by atoms with E-state index in [4.69, 9.17) is 9.84 Å². The maximum Gasteiger partial charge on any atom is 0.311 e. The number of carbonyl (C=O) groups is 1. The van der Waals surface area contributed by atoms with Crippen molar-refractivity contribution >= 4 is 11.6 Å². The minimum Gasteiger partial charge on any atom is -0.481 e. The van der Waals surface area contributed by atoms with E-state index in [2.05, 4.69) is 15.3 Å². The summed E-state index contributed by atoms with van der Waals surface area (Å²) < 4.78 is 6.58. The summed E-state index contributed by atoms with van der Waals surface area (Å²) in [5, 5.41) is 20.3. The number of carboxylic acids is 1. The van der Waals surface area contributed by atoms with Gasteiger partial charge in [0, 0.05) is 6.07 Å². The second-order valence-electron chi connectivity index (χ2n) is 3.06. The van der Waals surface area contributed by atoms with E-state index in [0.29, 0.717) is 18.1 Å². The molecule has 0 spiro atoms. The molecular formula is C9H10N4O3. The van der Waals surface area contributed by atoms with Gasteiger partial charge in [0.05, 0.1) is 6.61 Å². The molecule has 0 radical (unpaired) electrons. The van der Waals surface area contributed by atoms with Crippen LogP contribution in [-0.2, 0) is 11.2 Å². The van der Waals surface area contributed by atoms with Crippen LogP contribution >= 0.6 is 0 Å². The van der Waals surface area contributed by atoms with Crippen LogP contribution in [0.3, 0.4) is 0 Å². The fraction of sp³-hybridized carbons (Fsp3) is 0.333. The van der Waals surface area contributed by atoms with Crippen LogP contribution in [0.4, 0.5) is 0 Å². The second kappa shape index (κ2) is 4.13. The molecular weight excluding hydrogens is 212 g/mol. The molecule has 0 bridgehead atoms. The molecule has 7 heteroatoms. The Bertz CT molecular complexity index is 522. The van der Waals surface area contributed by atoms with Gasteiger partial charge in [0.25, 0.3) is 0 Å². The minimum atomic E-state index is -0.974. The van der Waals surface area contributed by atoms with Gasteiger partial charge in [-0.3, -0.25) is 4.79 Å². The van der Waals surface area contributed by atoms with Crippen LogP contribution in [0.5, 0.6) is 5.88 Å². The van der Waals surface area contributed by atoms with Gasteiger partial charge in [-0.2, -0.15) is 4.52 Å². The van der Waals surface area contributed by atoms with Gasteiger partial charge in [0.2, 0.25) is 5.88 Å². The first-order chi connectivity index (χ1) is 7.70. The molecule has 0 saturated heterocycles. The summed E-state index contributed by atoms with van der Waals surface area (Å²) in [6, 6.07) is 3.34. The third-order valence-corrected chi connectivity index (χ3v) is 1.90. The number of ether oxygens (including phenoxy) is 1. The third kappa shape index (κ3) is 1.92. The average Bonchev–Trinajstić information content (AvgIpc) is 2.61. The van der Waals surface area contributed by atoms with Crippen molar-refractivity contribution in [3.8, 4) is 5.88 Å². The van der Waals surface area contributed by atoms with Crippen LogP contribution in [0.1, 0.15) is 12.7 Å². The highest BCUT2D eigenvalue weighted by molar-refractivity contribution is 5.69. The van der Waals surface area contributed by atoms with E-state index in [9.17, 15) is 4.79 Å². The number of nitrogens with zero attached hydrogens (tertiary/aromatic N) is 4. The number of aromatic nitrogens is 4. The van der Waals surface area contributed by atoms with E-state index in [-0.39, 0.29) is 12.2 Å². The zero-order valence-electron chi connectivity index (χ0n) is 8.62. The lowest BCUT2D eigenvalue weighted by Gasteiger charge is -2.01. The molecule has 2 rings (SSSR count). The Morgan fingerprint density at radius 3 is 3.00 bits per heavy atom. The number of carboxylic acid groups (broad SMARTS) is 1. The first-order valence-corrected chi connectivity index (χ1v) is 4.76. The fourth-order valence-corrected chi connectivity index (χ4v) is 1.29. The van der Waals surface area contributed by atoms with Crippen molar-refractivity contribution in [2.24, 2.45) is 0 Å². The molecule has 0 atom stereocenters. The number of fused-ring (bicyclic) bond motifs is 1. The topological polar surface area (TPSA) is 89.6 Å². The molecule has 0 aliphatic carbocycles. The van der Waals surface area contributed by atoms with Crippen molar-refractivity contribution in [2.75, 3.05) is 6.61 Å². The van der Waals surface area contributed by atoms with Gasteiger partial charge in [-0.15, -0.1) is 15.3 Å². The average molecular weight is 222 g/mol. The lowest BCUT2D eigenvalue weighted by atomic mass is 10.4. The van der Waals surface area contributed by atoms with Gasteiger partial charge in [-0.05, 0) is 13.0 Å². The Kier molecular flexibility index (Phi) is 2.67. The molecule has 0 aliphatic heterocycles. The van der Waals surface area contributed by atoms with Gasteiger partial charge >= 0.3 is 5.97 Å². The molecule has 0 fully saturated rings. The Morgan fingerprint density at radius 1 is 1.50 bits per heavy atom. The van der Waals surface area contributed by atoms with Crippen molar-refractivity contribution in [2.45, 2.75) is 13.3 Å². The first kappa shape index (κ1) is 10.3. The summed E-state index contributed by atoms with van der Waals surface area (Å²) in [5.41, 5.74) is 0.500. The summed E-state index contributed by atoms with van der Waals surface area (Å²) in [6.45, 7) is 2.34. The summed E-state index contributed by atoms with van der Waals surface area (Å²) in [5.74, 6) is -0.275. The standard InChI is InChI=1S/C9H10N4O3/c1-2-16-8-4-3-6-10-11-7(5-9(14)15)13(6)12-8/h3-4H,2,5H2,1H3,(H,14,15). The smallest absolute Gasteiger partial charge is 0.311 e. The minimum absolute atomic E-state index is 0.219. The monoisotopic (exact) mass is 222 g/mol. The Balaban J connectivity index is 2.42.